The van der Waals surface area contributed by atoms with E-state index < -0.39 is 0 Å². The average molecular weight is 142 g/mol. The molecule has 1 unspecified atom stereocenters. The summed E-state index contributed by atoms with van der Waals surface area (Å²) in [5.41, 5.74) is 0. The van der Waals surface area contributed by atoms with Gasteiger partial charge in [-0.25, -0.2) is 0 Å². The van der Waals surface area contributed by atoms with Gasteiger partial charge in [0.25, 0.3) is 0 Å². The molecule has 0 aromatic rings. The quantitative estimate of drug-likeness (QED) is 0.614. The van der Waals surface area contributed by atoms with Gasteiger partial charge >= 0.3 is 0 Å². The van der Waals surface area contributed by atoms with Gasteiger partial charge in [-0.05, 0) is 39.0 Å². The van der Waals surface area contributed by atoms with Crippen molar-refractivity contribution < 1.29 is 0 Å². The Morgan fingerprint density at radius 2 is 2.10 bits per heavy atom. The van der Waals surface area contributed by atoms with Crippen LogP contribution < -0.4 is 5.32 Å². The maximum Gasteiger partial charge on any atom is 0.000452 e. The first-order valence-corrected chi connectivity index (χ1v) is 4.05. The summed E-state index contributed by atoms with van der Waals surface area (Å²) in [7, 11) is 4.28. The van der Waals surface area contributed by atoms with Crippen LogP contribution in [0.15, 0.2) is 0 Å². The predicted octanol–water partition coefficient (Wildman–Crippen LogP) is 0.404. The summed E-state index contributed by atoms with van der Waals surface area (Å²) < 4.78 is 0. The fourth-order valence-electron chi connectivity index (χ4n) is 1.44. The molecule has 1 rings (SSSR count). The zero-order valence-corrected chi connectivity index (χ0v) is 7.22. The molecule has 1 heterocycles. The molecule has 1 atom stereocenters. The number of rotatable bonds is 3. The number of nitrogens with zero attached hydrogens (tertiary/aromatic N) is 1. The third kappa shape index (κ3) is 1.96. The Morgan fingerprint density at radius 1 is 1.50 bits per heavy atom. The summed E-state index contributed by atoms with van der Waals surface area (Å²) in [5, 5.41) is 3.30. The molecule has 1 N–H and O–H groups in total. The third-order valence-corrected chi connectivity index (χ3v) is 2.27. The molecule has 0 saturated carbocycles. The van der Waals surface area contributed by atoms with Gasteiger partial charge < -0.3 is 10.2 Å². The molecule has 1 aliphatic heterocycles. The fourth-order valence-corrected chi connectivity index (χ4v) is 1.44. The molecule has 0 bridgehead atoms. The SMILES string of the molecule is CC(CN(C)C)C1CNC1. The minimum absolute atomic E-state index is 0.858. The van der Waals surface area contributed by atoms with E-state index in [1.54, 1.807) is 0 Å². The van der Waals surface area contributed by atoms with Crippen LogP contribution in [0, 0.1) is 11.8 Å². The van der Waals surface area contributed by atoms with Gasteiger partial charge in [0.05, 0.1) is 0 Å². The molecule has 0 spiro atoms. The zero-order valence-electron chi connectivity index (χ0n) is 7.22. The van der Waals surface area contributed by atoms with Gasteiger partial charge in [0.1, 0.15) is 0 Å². The Kier molecular flexibility index (Phi) is 2.69. The second kappa shape index (κ2) is 3.35. The predicted molar refractivity (Wildman–Crippen MR) is 44.1 cm³/mol. The van der Waals surface area contributed by atoms with E-state index in [2.05, 4.69) is 31.2 Å². The fraction of sp³-hybridized carbons (Fsp3) is 1.00. The summed E-state index contributed by atoms with van der Waals surface area (Å²) >= 11 is 0. The highest BCUT2D eigenvalue weighted by molar-refractivity contribution is 4.80. The second-order valence-electron chi connectivity index (χ2n) is 3.66. The molecule has 0 aromatic heterocycles. The van der Waals surface area contributed by atoms with Crippen molar-refractivity contribution in [2.45, 2.75) is 6.92 Å². The van der Waals surface area contributed by atoms with Crippen LogP contribution in [-0.2, 0) is 0 Å². The van der Waals surface area contributed by atoms with Crippen LogP contribution in [0.1, 0.15) is 6.92 Å². The maximum absolute atomic E-state index is 3.30. The minimum atomic E-state index is 0.858. The van der Waals surface area contributed by atoms with Crippen molar-refractivity contribution in [3.8, 4) is 0 Å². The Bertz CT molecular complexity index is 97.4. The Labute approximate surface area is 63.6 Å². The van der Waals surface area contributed by atoms with Crippen molar-refractivity contribution in [2.75, 3.05) is 33.7 Å². The van der Waals surface area contributed by atoms with Gasteiger partial charge in [-0.1, -0.05) is 6.92 Å². The Morgan fingerprint density at radius 3 is 2.40 bits per heavy atom. The van der Waals surface area contributed by atoms with Crippen LogP contribution in [0.4, 0.5) is 0 Å². The Hall–Kier alpha value is -0.0800. The van der Waals surface area contributed by atoms with Crippen LogP contribution in [0.2, 0.25) is 0 Å². The van der Waals surface area contributed by atoms with Crippen LogP contribution >= 0.6 is 0 Å². The van der Waals surface area contributed by atoms with Crippen molar-refractivity contribution in [1.82, 2.24) is 10.2 Å². The first-order valence-electron chi connectivity index (χ1n) is 4.05. The third-order valence-electron chi connectivity index (χ3n) is 2.27. The van der Waals surface area contributed by atoms with E-state index in [9.17, 15) is 0 Å². The maximum atomic E-state index is 3.30. The average Bonchev–Trinajstić information content (AvgIpc) is 1.55. The van der Waals surface area contributed by atoms with E-state index >= 15 is 0 Å². The molecule has 2 heteroatoms. The van der Waals surface area contributed by atoms with Crippen LogP contribution in [0.5, 0.6) is 0 Å². The lowest BCUT2D eigenvalue weighted by atomic mass is 9.89. The second-order valence-corrected chi connectivity index (χ2v) is 3.66. The molecule has 0 radical (unpaired) electrons. The molecule has 1 fully saturated rings. The molecular weight excluding hydrogens is 124 g/mol. The molecule has 10 heavy (non-hydrogen) atoms. The highest BCUT2D eigenvalue weighted by Crippen LogP contribution is 2.15. The molecule has 0 aliphatic carbocycles. The van der Waals surface area contributed by atoms with E-state index in [0.717, 1.165) is 11.8 Å². The van der Waals surface area contributed by atoms with E-state index in [4.69, 9.17) is 0 Å². The summed E-state index contributed by atoms with van der Waals surface area (Å²) in [6.45, 7) is 6.03. The highest BCUT2D eigenvalue weighted by atomic mass is 15.1. The Balaban J connectivity index is 2.13. The van der Waals surface area contributed by atoms with Gasteiger partial charge in [0.2, 0.25) is 0 Å². The van der Waals surface area contributed by atoms with Crippen molar-refractivity contribution in [3.05, 3.63) is 0 Å². The number of hydrogen-bond acceptors (Lipinski definition) is 2. The normalized spacial score (nSPS) is 22.8. The van der Waals surface area contributed by atoms with Gasteiger partial charge in [0.15, 0.2) is 0 Å². The standard InChI is InChI=1S/C8H18N2/c1-7(6-10(2)3)8-4-9-5-8/h7-9H,4-6H2,1-3H3. The summed E-state index contributed by atoms with van der Waals surface area (Å²) in [5.74, 6) is 1.79. The lowest BCUT2D eigenvalue weighted by Gasteiger charge is -2.33. The first-order chi connectivity index (χ1) is 4.70. The van der Waals surface area contributed by atoms with Crippen molar-refractivity contribution in [1.29, 1.82) is 0 Å². The molecule has 0 aromatic carbocycles. The molecule has 1 saturated heterocycles. The molecule has 0 amide bonds. The molecule has 2 nitrogen and oxygen atoms in total. The van der Waals surface area contributed by atoms with E-state index in [-0.39, 0.29) is 0 Å². The molecular formula is C8H18N2. The van der Waals surface area contributed by atoms with Gasteiger partial charge in [-0.2, -0.15) is 0 Å². The van der Waals surface area contributed by atoms with Crippen molar-refractivity contribution in [3.63, 3.8) is 0 Å². The summed E-state index contributed by atoms with van der Waals surface area (Å²) in [6.07, 6.45) is 0. The highest BCUT2D eigenvalue weighted by Gasteiger charge is 2.23. The lowest BCUT2D eigenvalue weighted by Crippen LogP contribution is -2.47. The summed E-state index contributed by atoms with van der Waals surface area (Å²) in [6, 6.07) is 0. The van der Waals surface area contributed by atoms with E-state index in [0.29, 0.717) is 0 Å². The van der Waals surface area contributed by atoms with E-state index in [1.165, 1.54) is 19.6 Å². The smallest absolute Gasteiger partial charge is 0.000452 e. The summed E-state index contributed by atoms with van der Waals surface area (Å²) in [4.78, 5) is 2.27. The van der Waals surface area contributed by atoms with Gasteiger partial charge in [0, 0.05) is 6.54 Å². The van der Waals surface area contributed by atoms with Crippen molar-refractivity contribution >= 4 is 0 Å². The van der Waals surface area contributed by atoms with Crippen molar-refractivity contribution in [2.24, 2.45) is 11.8 Å². The zero-order chi connectivity index (χ0) is 7.56. The monoisotopic (exact) mass is 142 g/mol. The number of nitrogens with one attached hydrogen (secondary N) is 1. The molecule has 60 valence electrons. The lowest BCUT2D eigenvalue weighted by molar-refractivity contribution is 0.202. The van der Waals surface area contributed by atoms with Crippen LogP contribution in [-0.4, -0.2) is 38.6 Å². The molecule has 1 aliphatic rings. The topological polar surface area (TPSA) is 15.3 Å². The first kappa shape index (κ1) is 8.02. The van der Waals surface area contributed by atoms with Gasteiger partial charge in [-0.3, -0.25) is 0 Å². The largest absolute Gasteiger partial charge is 0.316 e. The minimum Gasteiger partial charge on any atom is -0.316 e. The van der Waals surface area contributed by atoms with Crippen LogP contribution in [0.3, 0.4) is 0 Å². The van der Waals surface area contributed by atoms with E-state index in [1.807, 2.05) is 0 Å². The number of hydrogen-bond donors (Lipinski definition) is 1. The van der Waals surface area contributed by atoms with Crippen LogP contribution in [0.25, 0.3) is 0 Å². The van der Waals surface area contributed by atoms with Gasteiger partial charge in [-0.15, -0.1) is 0 Å².